The molecule has 1 aliphatic heterocycles. The van der Waals surface area contributed by atoms with Crippen molar-refractivity contribution in [3.63, 3.8) is 0 Å². The van der Waals surface area contributed by atoms with Crippen LogP contribution in [0, 0.1) is 18.2 Å². The summed E-state index contributed by atoms with van der Waals surface area (Å²) >= 11 is 0. The third kappa shape index (κ3) is 3.74. The topological polar surface area (TPSA) is 54.4 Å². The minimum atomic E-state index is -3.56. The molecule has 0 bridgehead atoms. The normalized spacial score (nSPS) is 26.5. The van der Waals surface area contributed by atoms with Crippen molar-refractivity contribution in [3.05, 3.63) is 65.0 Å². The molecule has 28 heavy (non-hydrogen) atoms. The van der Waals surface area contributed by atoms with E-state index in [1.807, 2.05) is 19.9 Å². The number of hydrogen-bond donors (Lipinski definition) is 1. The number of unbranched alkanes of at least 4 members (excludes halogenated alkanes) is 1. The molecule has 3 atom stereocenters. The lowest BCUT2D eigenvalue weighted by Crippen LogP contribution is -2.42. The van der Waals surface area contributed by atoms with E-state index in [-0.39, 0.29) is 11.6 Å². The second-order valence-corrected chi connectivity index (χ2v) is 10.1. The maximum atomic E-state index is 13.5. The van der Waals surface area contributed by atoms with E-state index in [2.05, 4.69) is 6.92 Å². The van der Waals surface area contributed by atoms with Crippen molar-refractivity contribution in [2.75, 3.05) is 5.75 Å². The van der Waals surface area contributed by atoms with Gasteiger partial charge in [-0.2, -0.15) is 0 Å². The maximum Gasteiger partial charge on any atom is 0.179 e. The fourth-order valence-electron chi connectivity index (χ4n) is 4.53. The number of benzene rings is 2. The Morgan fingerprint density at radius 2 is 1.82 bits per heavy atom. The van der Waals surface area contributed by atoms with Crippen LogP contribution in [0.25, 0.3) is 0 Å². The van der Waals surface area contributed by atoms with E-state index < -0.39 is 27.3 Å². The van der Waals surface area contributed by atoms with Crippen molar-refractivity contribution >= 4 is 9.84 Å². The molecule has 3 rings (SSSR count). The Bertz CT molecular complexity index is 937. The highest BCUT2D eigenvalue weighted by molar-refractivity contribution is 7.91. The lowest BCUT2D eigenvalue weighted by atomic mass is 9.69. The highest BCUT2D eigenvalue weighted by Gasteiger charge is 2.48. The van der Waals surface area contributed by atoms with E-state index in [9.17, 15) is 17.9 Å². The van der Waals surface area contributed by atoms with Gasteiger partial charge in [0.1, 0.15) is 5.82 Å². The number of rotatable bonds is 5. The molecule has 5 heteroatoms. The SMILES string of the molecule is CCCC[C@]1(CC)CS(=O)(=O)c2ccc(C)cc2[C@H](c2ccc(F)cc2)C1O. The maximum absolute atomic E-state index is 13.5. The van der Waals surface area contributed by atoms with Crippen LogP contribution in [-0.4, -0.2) is 25.4 Å². The molecule has 3 nitrogen and oxygen atoms in total. The fraction of sp³-hybridized carbons (Fsp3) is 0.478. The van der Waals surface area contributed by atoms with Crippen LogP contribution in [0.1, 0.15) is 62.1 Å². The molecule has 0 fully saturated rings. The molecule has 0 amide bonds. The van der Waals surface area contributed by atoms with Gasteiger partial charge in [0.2, 0.25) is 0 Å². The Balaban J connectivity index is 2.28. The van der Waals surface area contributed by atoms with Crippen LogP contribution >= 0.6 is 0 Å². The summed E-state index contributed by atoms with van der Waals surface area (Å²) in [6.07, 6.45) is 2.13. The third-order valence-corrected chi connectivity index (χ3v) is 8.21. The molecular formula is C23H29FO3S. The molecule has 0 saturated carbocycles. The van der Waals surface area contributed by atoms with Gasteiger partial charge in [-0.3, -0.25) is 0 Å². The van der Waals surface area contributed by atoms with Crippen molar-refractivity contribution in [2.45, 2.75) is 63.4 Å². The highest BCUT2D eigenvalue weighted by atomic mass is 32.2. The first-order valence-corrected chi connectivity index (χ1v) is 11.7. The van der Waals surface area contributed by atoms with Crippen LogP contribution in [0.4, 0.5) is 4.39 Å². The van der Waals surface area contributed by atoms with Gasteiger partial charge in [-0.25, -0.2) is 12.8 Å². The zero-order chi connectivity index (χ0) is 20.5. The minimum Gasteiger partial charge on any atom is -0.392 e. The fourth-order valence-corrected chi connectivity index (χ4v) is 6.78. The summed E-state index contributed by atoms with van der Waals surface area (Å²) < 4.78 is 40.2. The Hall–Kier alpha value is -1.72. The van der Waals surface area contributed by atoms with Crippen molar-refractivity contribution in [1.29, 1.82) is 0 Å². The average Bonchev–Trinajstić information content (AvgIpc) is 2.72. The van der Waals surface area contributed by atoms with Crippen molar-refractivity contribution in [2.24, 2.45) is 5.41 Å². The Morgan fingerprint density at radius 3 is 2.43 bits per heavy atom. The average molecular weight is 405 g/mol. The van der Waals surface area contributed by atoms with E-state index in [0.29, 0.717) is 23.3 Å². The van der Waals surface area contributed by atoms with Gasteiger partial charge >= 0.3 is 0 Å². The van der Waals surface area contributed by atoms with E-state index in [0.717, 1.165) is 24.0 Å². The molecular weight excluding hydrogens is 375 g/mol. The second kappa shape index (κ2) is 7.96. The standard InChI is InChI=1S/C23H29FO3S/c1-4-6-13-23(5-2)15-28(26,27)20-12-7-16(3)14-19(20)21(22(23)25)17-8-10-18(24)11-9-17/h7-12,14,21-22,25H,4-6,13,15H2,1-3H3/t21-,22?,23+/m0/s1. The van der Waals surface area contributed by atoms with Crippen LogP contribution in [0.5, 0.6) is 0 Å². The minimum absolute atomic E-state index is 0.0641. The van der Waals surface area contributed by atoms with Crippen molar-refractivity contribution in [3.8, 4) is 0 Å². The number of halogens is 1. The first-order valence-electron chi connectivity index (χ1n) is 10.0. The molecule has 2 aromatic rings. The molecule has 1 aliphatic rings. The van der Waals surface area contributed by atoms with Gasteiger partial charge in [-0.1, -0.05) is 56.5 Å². The number of aliphatic hydroxyl groups excluding tert-OH is 1. The van der Waals surface area contributed by atoms with E-state index in [4.69, 9.17) is 0 Å². The van der Waals surface area contributed by atoms with Crippen LogP contribution in [0.15, 0.2) is 47.4 Å². The van der Waals surface area contributed by atoms with Gasteiger partial charge in [-0.05, 0) is 49.1 Å². The van der Waals surface area contributed by atoms with Crippen molar-refractivity contribution in [1.82, 2.24) is 0 Å². The molecule has 1 N–H and O–H groups in total. The Labute approximate surface area is 167 Å². The third-order valence-electron chi connectivity index (χ3n) is 6.22. The van der Waals surface area contributed by atoms with Crippen molar-refractivity contribution < 1.29 is 17.9 Å². The van der Waals surface area contributed by atoms with E-state index in [1.165, 1.54) is 12.1 Å². The highest BCUT2D eigenvalue weighted by Crippen LogP contribution is 2.48. The van der Waals surface area contributed by atoms with Crippen LogP contribution < -0.4 is 0 Å². The summed E-state index contributed by atoms with van der Waals surface area (Å²) in [7, 11) is -3.56. The van der Waals surface area contributed by atoms with Gasteiger partial charge in [-0.15, -0.1) is 0 Å². The van der Waals surface area contributed by atoms with Gasteiger partial charge < -0.3 is 5.11 Å². The van der Waals surface area contributed by atoms with E-state index in [1.54, 1.807) is 24.3 Å². The predicted molar refractivity (Wildman–Crippen MR) is 110 cm³/mol. The summed E-state index contributed by atoms with van der Waals surface area (Å²) in [5, 5.41) is 11.6. The van der Waals surface area contributed by atoms with Gasteiger partial charge in [0.25, 0.3) is 0 Å². The van der Waals surface area contributed by atoms with Crippen LogP contribution in [0.3, 0.4) is 0 Å². The molecule has 0 aliphatic carbocycles. The predicted octanol–water partition coefficient (Wildman–Crippen LogP) is 5.00. The summed E-state index contributed by atoms with van der Waals surface area (Å²) in [5.74, 6) is -0.924. The Morgan fingerprint density at radius 1 is 1.14 bits per heavy atom. The summed E-state index contributed by atoms with van der Waals surface area (Å²) in [6, 6.07) is 11.4. The van der Waals surface area contributed by atoms with Gasteiger partial charge in [0.15, 0.2) is 9.84 Å². The van der Waals surface area contributed by atoms with Gasteiger partial charge in [0, 0.05) is 11.3 Å². The first kappa shape index (κ1) is 21.0. The lowest BCUT2D eigenvalue weighted by Gasteiger charge is -2.39. The summed E-state index contributed by atoms with van der Waals surface area (Å²) in [4.78, 5) is 0.290. The lowest BCUT2D eigenvalue weighted by molar-refractivity contribution is 0.0174. The van der Waals surface area contributed by atoms with Gasteiger partial charge in [0.05, 0.1) is 16.8 Å². The quantitative estimate of drug-likeness (QED) is 0.763. The second-order valence-electron chi connectivity index (χ2n) is 8.09. The molecule has 1 heterocycles. The molecule has 0 radical (unpaired) electrons. The monoisotopic (exact) mass is 404 g/mol. The first-order chi connectivity index (χ1) is 13.2. The van der Waals surface area contributed by atoms with E-state index >= 15 is 0 Å². The molecule has 0 spiro atoms. The number of aryl methyl sites for hydroxylation is 1. The summed E-state index contributed by atoms with van der Waals surface area (Å²) in [6.45, 7) is 5.93. The molecule has 2 aromatic carbocycles. The van der Waals surface area contributed by atoms with Crippen LogP contribution in [0.2, 0.25) is 0 Å². The number of hydrogen-bond acceptors (Lipinski definition) is 3. The Kier molecular flexibility index (Phi) is 5.97. The molecule has 0 aromatic heterocycles. The molecule has 1 unspecified atom stereocenters. The zero-order valence-electron chi connectivity index (χ0n) is 16.8. The number of aliphatic hydroxyl groups is 1. The van der Waals surface area contributed by atoms with Crippen LogP contribution in [-0.2, 0) is 9.84 Å². The smallest absolute Gasteiger partial charge is 0.179 e. The molecule has 0 saturated heterocycles. The zero-order valence-corrected chi connectivity index (χ0v) is 17.6. The molecule has 152 valence electrons. The summed E-state index contributed by atoms with van der Waals surface area (Å²) in [5.41, 5.74) is 1.56. The number of sulfone groups is 1. The number of fused-ring (bicyclic) bond motifs is 1. The largest absolute Gasteiger partial charge is 0.392 e.